The van der Waals surface area contributed by atoms with Crippen LogP contribution >= 0.6 is 38.5 Å². The Morgan fingerprint density at radius 3 is 2.69 bits per heavy atom. The van der Waals surface area contributed by atoms with Crippen molar-refractivity contribution < 1.29 is 8.78 Å². The van der Waals surface area contributed by atoms with E-state index < -0.39 is 6.43 Å². The fourth-order valence-corrected chi connectivity index (χ4v) is 1.99. The monoisotopic (exact) mass is 362 g/mol. The molecular weight excluding hydrogens is 357 g/mol. The van der Waals surface area contributed by atoms with Crippen molar-refractivity contribution in [2.75, 3.05) is 0 Å². The molecule has 1 aromatic heterocycles. The molecule has 72 valence electrons. The van der Waals surface area contributed by atoms with Crippen LogP contribution in [0.3, 0.4) is 0 Å². The number of hydrogen-bond acceptors (Lipinski definition) is 2. The summed E-state index contributed by atoms with van der Waals surface area (Å²) in [5.41, 5.74) is 5.92. The van der Waals surface area contributed by atoms with Gasteiger partial charge in [-0.05, 0) is 50.2 Å². The Bertz CT molecular complexity index is 320. The highest BCUT2D eigenvalue weighted by Gasteiger charge is 2.15. The molecule has 1 rings (SSSR count). The minimum atomic E-state index is -2.56. The second-order valence-corrected chi connectivity index (χ2v) is 4.19. The zero-order valence-corrected chi connectivity index (χ0v) is 10.1. The van der Waals surface area contributed by atoms with Crippen LogP contribution < -0.4 is 5.73 Å². The van der Waals surface area contributed by atoms with Gasteiger partial charge in [0.25, 0.3) is 6.43 Å². The summed E-state index contributed by atoms with van der Waals surface area (Å²) in [5, 5.41) is 0. The Kier molecular flexibility index (Phi) is 3.99. The zero-order valence-electron chi connectivity index (χ0n) is 6.40. The van der Waals surface area contributed by atoms with E-state index in [0.29, 0.717) is 14.7 Å². The molecule has 0 radical (unpaired) electrons. The summed E-state index contributed by atoms with van der Waals surface area (Å²) in [6, 6.07) is 1.58. The Balaban J connectivity index is 3.20. The van der Waals surface area contributed by atoms with Crippen molar-refractivity contribution in [2.45, 2.75) is 13.0 Å². The van der Waals surface area contributed by atoms with E-state index in [4.69, 9.17) is 5.73 Å². The van der Waals surface area contributed by atoms with Crippen LogP contribution in [0.1, 0.15) is 17.7 Å². The van der Waals surface area contributed by atoms with Crippen molar-refractivity contribution in [3.63, 3.8) is 0 Å². The van der Waals surface area contributed by atoms with Gasteiger partial charge in [-0.2, -0.15) is 0 Å². The Hall–Kier alpha value is 0.180. The standard InChI is InChI=1S/C7H6BrF2IN2/c8-4-1-3(2-12)7(11)13-5(4)6(9)10/h1,6H,2,12H2. The van der Waals surface area contributed by atoms with E-state index in [2.05, 4.69) is 20.9 Å². The summed E-state index contributed by atoms with van der Waals surface area (Å²) in [4.78, 5) is 3.75. The summed E-state index contributed by atoms with van der Waals surface area (Å²) in [6.07, 6.45) is -2.56. The first kappa shape index (κ1) is 11.3. The van der Waals surface area contributed by atoms with E-state index in [-0.39, 0.29) is 5.69 Å². The predicted octanol–water partition coefficient (Wildman–Crippen LogP) is 2.85. The molecule has 0 atom stereocenters. The van der Waals surface area contributed by atoms with Gasteiger partial charge in [-0.25, -0.2) is 13.8 Å². The molecule has 1 aromatic rings. The molecule has 0 fully saturated rings. The third-order valence-corrected chi connectivity index (χ3v) is 3.03. The number of pyridine rings is 1. The van der Waals surface area contributed by atoms with Crippen molar-refractivity contribution in [3.05, 3.63) is 25.5 Å². The van der Waals surface area contributed by atoms with Crippen LogP contribution in [0.5, 0.6) is 0 Å². The van der Waals surface area contributed by atoms with Gasteiger partial charge < -0.3 is 5.73 Å². The van der Waals surface area contributed by atoms with Gasteiger partial charge in [0.1, 0.15) is 9.39 Å². The van der Waals surface area contributed by atoms with Crippen LogP contribution in [0.15, 0.2) is 10.5 Å². The molecule has 0 unspecified atom stereocenters. The van der Waals surface area contributed by atoms with E-state index in [1.807, 2.05) is 22.6 Å². The van der Waals surface area contributed by atoms with Crippen LogP contribution in [0.4, 0.5) is 8.78 Å². The smallest absolute Gasteiger partial charge is 0.281 e. The lowest BCUT2D eigenvalue weighted by Crippen LogP contribution is -2.04. The van der Waals surface area contributed by atoms with Gasteiger partial charge in [0.05, 0.1) is 0 Å². The minimum Gasteiger partial charge on any atom is -0.326 e. The van der Waals surface area contributed by atoms with Crippen molar-refractivity contribution in [1.29, 1.82) is 0 Å². The zero-order chi connectivity index (χ0) is 10.0. The lowest BCUT2D eigenvalue weighted by Gasteiger charge is -2.06. The summed E-state index contributed by atoms with van der Waals surface area (Å²) < 4.78 is 25.5. The Labute approximate surface area is 96.2 Å². The van der Waals surface area contributed by atoms with Gasteiger partial charge >= 0.3 is 0 Å². The van der Waals surface area contributed by atoms with Crippen LogP contribution in [-0.4, -0.2) is 4.98 Å². The second kappa shape index (κ2) is 4.61. The summed E-state index contributed by atoms with van der Waals surface area (Å²) in [7, 11) is 0. The molecule has 0 aliphatic heterocycles. The van der Waals surface area contributed by atoms with Gasteiger partial charge in [0, 0.05) is 11.0 Å². The molecule has 0 bridgehead atoms. The van der Waals surface area contributed by atoms with Crippen LogP contribution in [0.2, 0.25) is 0 Å². The third-order valence-electron chi connectivity index (χ3n) is 1.46. The molecule has 6 heteroatoms. The van der Waals surface area contributed by atoms with Gasteiger partial charge in [-0.1, -0.05) is 0 Å². The molecule has 2 nitrogen and oxygen atoms in total. The number of nitrogens with two attached hydrogens (primary N) is 1. The first-order valence-corrected chi connectivity index (χ1v) is 5.26. The molecular formula is C7H6BrF2IN2. The number of hydrogen-bond donors (Lipinski definition) is 1. The van der Waals surface area contributed by atoms with Crippen molar-refractivity contribution >= 4 is 38.5 Å². The first-order chi connectivity index (χ1) is 6.06. The maximum atomic E-state index is 12.3. The van der Waals surface area contributed by atoms with Crippen LogP contribution in [0, 0.1) is 3.70 Å². The minimum absolute atomic E-state index is 0.235. The number of alkyl halides is 2. The highest BCUT2D eigenvalue weighted by atomic mass is 127. The molecule has 2 N–H and O–H groups in total. The van der Waals surface area contributed by atoms with Gasteiger partial charge in [0.15, 0.2) is 0 Å². The molecule has 0 amide bonds. The van der Waals surface area contributed by atoms with Crippen molar-refractivity contribution in [2.24, 2.45) is 5.73 Å². The van der Waals surface area contributed by atoms with Crippen LogP contribution in [-0.2, 0) is 6.54 Å². The van der Waals surface area contributed by atoms with E-state index in [0.717, 1.165) is 5.56 Å². The number of halogens is 4. The van der Waals surface area contributed by atoms with E-state index in [1.54, 1.807) is 6.07 Å². The average molecular weight is 363 g/mol. The third kappa shape index (κ3) is 2.57. The molecule has 1 heterocycles. The quantitative estimate of drug-likeness (QED) is 0.649. The number of aromatic nitrogens is 1. The Morgan fingerprint density at radius 1 is 1.62 bits per heavy atom. The van der Waals surface area contributed by atoms with E-state index >= 15 is 0 Å². The molecule has 0 aromatic carbocycles. The lowest BCUT2D eigenvalue weighted by molar-refractivity contribution is 0.145. The largest absolute Gasteiger partial charge is 0.326 e. The molecule has 0 saturated heterocycles. The second-order valence-electron chi connectivity index (χ2n) is 2.31. The van der Waals surface area contributed by atoms with Gasteiger partial charge in [-0.15, -0.1) is 0 Å². The van der Waals surface area contributed by atoms with E-state index in [1.165, 1.54) is 0 Å². The topological polar surface area (TPSA) is 38.9 Å². The molecule has 0 spiro atoms. The molecule has 0 aliphatic rings. The lowest BCUT2D eigenvalue weighted by atomic mass is 10.2. The predicted molar refractivity (Wildman–Crippen MR) is 57.5 cm³/mol. The molecule has 0 saturated carbocycles. The fraction of sp³-hybridized carbons (Fsp3) is 0.286. The molecule has 13 heavy (non-hydrogen) atoms. The number of nitrogens with zero attached hydrogens (tertiary/aromatic N) is 1. The van der Waals surface area contributed by atoms with Gasteiger partial charge in [-0.3, -0.25) is 0 Å². The highest BCUT2D eigenvalue weighted by molar-refractivity contribution is 14.1. The maximum Gasteiger partial charge on any atom is 0.281 e. The summed E-state index contributed by atoms with van der Waals surface area (Å²) >= 11 is 4.91. The van der Waals surface area contributed by atoms with E-state index in [9.17, 15) is 8.78 Å². The molecule has 0 aliphatic carbocycles. The van der Waals surface area contributed by atoms with Crippen molar-refractivity contribution in [1.82, 2.24) is 4.98 Å². The first-order valence-electron chi connectivity index (χ1n) is 3.39. The summed E-state index contributed by atoms with van der Waals surface area (Å²) in [6.45, 7) is 0.299. The van der Waals surface area contributed by atoms with Crippen molar-refractivity contribution in [3.8, 4) is 0 Å². The van der Waals surface area contributed by atoms with Gasteiger partial charge in [0.2, 0.25) is 0 Å². The highest BCUT2D eigenvalue weighted by Crippen LogP contribution is 2.27. The average Bonchev–Trinajstić information content (AvgIpc) is 2.07. The maximum absolute atomic E-state index is 12.3. The normalized spacial score (nSPS) is 10.9. The van der Waals surface area contributed by atoms with Crippen LogP contribution in [0.25, 0.3) is 0 Å². The number of rotatable bonds is 2. The Morgan fingerprint density at radius 2 is 2.23 bits per heavy atom. The fourth-order valence-electron chi connectivity index (χ4n) is 0.814. The summed E-state index contributed by atoms with van der Waals surface area (Å²) in [5.74, 6) is 0. The SMILES string of the molecule is NCc1cc(Br)c(C(F)F)nc1I.